The number of aromatic nitrogens is 2. The largest absolute Gasteiger partial charge is 0.398 e. The van der Waals surface area contributed by atoms with Gasteiger partial charge in [0.25, 0.3) is 0 Å². The Morgan fingerprint density at radius 2 is 1.85 bits per heavy atom. The molecule has 0 aliphatic rings. The minimum atomic E-state index is 0.692. The summed E-state index contributed by atoms with van der Waals surface area (Å²) in [5.41, 5.74) is 9.02. The van der Waals surface area contributed by atoms with Gasteiger partial charge in [0.05, 0.1) is 6.54 Å². The zero-order valence-electron chi connectivity index (χ0n) is 10.8. The summed E-state index contributed by atoms with van der Waals surface area (Å²) in [6.07, 6.45) is 3.79. The number of halogens is 1. The summed E-state index contributed by atoms with van der Waals surface area (Å²) in [5.74, 6) is 0.945. The van der Waals surface area contributed by atoms with Gasteiger partial charge >= 0.3 is 0 Å². The van der Waals surface area contributed by atoms with Crippen LogP contribution in [0.1, 0.15) is 5.56 Å². The summed E-state index contributed by atoms with van der Waals surface area (Å²) in [5, 5.41) is 0. The van der Waals surface area contributed by atoms with Crippen LogP contribution in [0.4, 0.5) is 5.69 Å². The molecule has 100 valence electrons. The molecule has 0 amide bonds. The number of hydrogen-bond acceptors (Lipinski definition) is 2. The lowest BCUT2D eigenvalue weighted by Gasteiger charge is -2.12. The molecule has 0 radical (unpaired) electrons. The van der Waals surface area contributed by atoms with Gasteiger partial charge in [-0.1, -0.05) is 52.3 Å². The first-order chi connectivity index (χ1) is 9.75. The summed E-state index contributed by atoms with van der Waals surface area (Å²) >= 11 is 3.56. The third kappa shape index (κ3) is 2.47. The molecule has 0 spiro atoms. The number of imidazole rings is 1. The van der Waals surface area contributed by atoms with Crippen LogP contribution in [0.15, 0.2) is 65.4 Å². The Morgan fingerprint density at radius 3 is 2.60 bits per heavy atom. The van der Waals surface area contributed by atoms with E-state index < -0.39 is 0 Å². The highest BCUT2D eigenvalue weighted by atomic mass is 79.9. The van der Waals surface area contributed by atoms with Gasteiger partial charge in [0.2, 0.25) is 0 Å². The summed E-state index contributed by atoms with van der Waals surface area (Å²) in [6, 6.07) is 16.0. The molecule has 1 aromatic heterocycles. The van der Waals surface area contributed by atoms with Crippen molar-refractivity contribution in [3.05, 3.63) is 71.0 Å². The van der Waals surface area contributed by atoms with Gasteiger partial charge in [0.1, 0.15) is 5.82 Å². The highest BCUT2D eigenvalue weighted by Crippen LogP contribution is 2.25. The molecule has 2 aromatic carbocycles. The molecule has 3 aromatic rings. The van der Waals surface area contributed by atoms with E-state index in [1.807, 2.05) is 48.8 Å². The first-order valence-corrected chi connectivity index (χ1v) is 7.14. The molecule has 0 aliphatic heterocycles. The van der Waals surface area contributed by atoms with Crippen molar-refractivity contribution in [1.82, 2.24) is 9.55 Å². The Kier molecular flexibility index (Phi) is 3.56. The van der Waals surface area contributed by atoms with Crippen LogP contribution in [0, 0.1) is 0 Å². The second-order valence-corrected chi connectivity index (χ2v) is 5.41. The van der Waals surface area contributed by atoms with E-state index in [-0.39, 0.29) is 0 Å². The lowest BCUT2D eigenvalue weighted by Crippen LogP contribution is -2.04. The SMILES string of the molecule is Nc1cccc(Br)c1Cn1ccnc1-c1ccccc1. The van der Waals surface area contributed by atoms with Crippen molar-refractivity contribution in [3.63, 3.8) is 0 Å². The first kappa shape index (κ1) is 12.9. The fourth-order valence-corrected chi connectivity index (χ4v) is 2.70. The van der Waals surface area contributed by atoms with Gasteiger partial charge in [0, 0.05) is 33.7 Å². The molecule has 4 heteroatoms. The maximum absolute atomic E-state index is 6.06. The molecule has 20 heavy (non-hydrogen) atoms. The van der Waals surface area contributed by atoms with Crippen molar-refractivity contribution in [2.45, 2.75) is 6.54 Å². The first-order valence-electron chi connectivity index (χ1n) is 6.35. The average molecular weight is 328 g/mol. The van der Waals surface area contributed by atoms with E-state index in [0.717, 1.165) is 27.1 Å². The van der Waals surface area contributed by atoms with Crippen molar-refractivity contribution < 1.29 is 0 Å². The van der Waals surface area contributed by atoms with Gasteiger partial charge in [-0.15, -0.1) is 0 Å². The predicted octanol–water partition coefficient (Wildman–Crippen LogP) is 3.94. The van der Waals surface area contributed by atoms with E-state index >= 15 is 0 Å². The average Bonchev–Trinajstić information content (AvgIpc) is 2.92. The van der Waals surface area contributed by atoms with E-state index in [0.29, 0.717) is 6.54 Å². The third-order valence-electron chi connectivity index (χ3n) is 3.23. The topological polar surface area (TPSA) is 43.8 Å². The number of hydrogen-bond donors (Lipinski definition) is 1. The van der Waals surface area contributed by atoms with Crippen LogP contribution in [0.2, 0.25) is 0 Å². The molecular formula is C16H14BrN3. The predicted molar refractivity (Wildman–Crippen MR) is 85.3 cm³/mol. The maximum atomic E-state index is 6.06. The van der Waals surface area contributed by atoms with Crippen LogP contribution in [0.3, 0.4) is 0 Å². The number of benzene rings is 2. The normalized spacial score (nSPS) is 10.7. The summed E-state index contributed by atoms with van der Waals surface area (Å²) in [6.45, 7) is 0.692. The van der Waals surface area contributed by atoms with Crippen LogP contribution < -0.4 is 5.73 Å². The molecule has 0 bridgehead atoms. The van der Waals surface area contributed by atoms with E-state index in [2.05, 4.69) is 37.6 Å². The monoisotopic (exact) mass is 327 g/mol. The number of nitrogens with two attached hydrogens (primary N) is 1. The zero-order chi connectivity index (χ0) is 13.9. The number of nitrogen functional groups attached to an aromatic ring is 1. The quantitative estimate of drug-likeness (QED) is 0.740. The second-order valence-electron chi connectivity index (χ2n) is 4.55. The van der Waals surface area contributed by atoms with Crippen LogP contribution in [0.25, 0.3) is 11.4 Å². The van der Waals surface area contributed by atoms with Gasteiger partial charge in [-0.05, 0) is 12.1 Å². The molecule has 0 saturated heterocycles. The highest BCUT2D eigenvalue weighted by molar-refractivity contribution is 9.10. The van der Waals surface area contributed by atoms with Crippen molar-refractivity contribution in [2.75, 3.05) is 5.73 Å². The molecule has 0 atom stereocenters. The molecular weight excluding hydrogens is 314 g/mol. The van der Waals surface area contributed by atoms with Gasteiger partial charge in [-0.2, -0.15) is 0 Å². The minimum Gasteiger partial charge on any atom is -0.398 e. The Hall–Kier alpha value is -2.07. The minimum absolute atomic E-state index is 0.692. The Balaban J connectivity index is 1.99. The van der Waals surface area contributed by atoms with E-state index in [1.54, 1.807) is 0 Å². The van der Waals surface area contributed by atoms with Gasteiger partial charge < -0.3 is 10.3 Å². The fourth-order valence-electron chi connectivity index (χ4n) is 2.20. The standard InChI is InChI=1S/C16H14BrN3/c17-14-7-4-8-15(18)13(14)11-20-10-9-19-16(20)12-5-2-1-3-6-12/h1-10H,11,18H2. The lowest BCUT2D eigenvalue weighted by atomic mass is 10.1. The highest BCUT2D eigenvalue weighted by Gasteiger charge is 2.09. The van der Waals surface area contributed by atoms with E-state index in [1.165, 1.54) is 0 Å². The molecule has 0 fully saturated rings. The molecule has 2 N–H and O–H groups in total. The van der Waals surface area contributed by atoms with Gasteiger partial charge in [-0.3, -0.25) is 0 Å². The Morgan fingerprint density at radius 1 is 1.05 bits per heavy atom. The summed E-state index contributed by atoms with van der Waals surface area (Å²) in [7, 11) is 0. The third-order valence-corrected chi connectivity index (χ3v) is 3.97. The van der Waals surface area contributed by atoms with Crippen LogP contribution in [0.5, 0.6) is 0 Å². The second kappa shape index (κ2) is 5.51. The fraction of sp³-hybridized carbons (Fsp3) is 0.0625. The Bertz CT molecular complexity index is 699. The van der Waals surface area contributed by atoms with Crippen LogP contribution >= 0.6 is 15.9 Å². The van der Waals surface area contributed by atoms with E-state index in [4.69, 9.17) is 5.73 Å². The molecule has 1 heterocycles. The Labute approximate surface area is 126 Å². The molecule has 0 aliphatic carbocycles. The van der Waals surface area contributed by atoms with Gasteiger partial charge in [0.15, 0.2) is 0 Å². The number of nitrogens with zero attached hydrogens (tertiary/aromatic N) is 2. The molecule has 3 rings (SSSR count). The van der Waals surface area contributed by atoms with Crippen LogP contribution in [-0.4, -0.2) is 9.55 Å². The molecule has 0 unspecified atom stereocenters. The van der Waals surface area contributed by atoms with Crippen molar-refractivity contribution in [1.29, 1.82) is 0 Å². The molecule has 0 saturated carbocycles. The van der Waals surface area contributed by atoms with Crippen molar-refractivity contribution in [3.8, 4) is 11.4 Å². The lowest BCUT2D eigenvalue weighted by molar-refractivity contribution is 0.806. The van der Waals surface area contributed by atoms with Crippen LogP contribution in [-0.2, 0) is 6.54 Å². The number of anilines is 1. The smallest absolute Gasteiger partial charge is 0.140 e. The summed E-state index contributed by atoms with van der Waals surface area (Å²) < 4.78 is 3.12. The van der Waals surface area contributed by atoms with Gasteiger partial charge in [-0.25, -0.2) is 4.98 Å². The van der Waals surface area contributed by atoms with Crippen molar-refractivity contribution in [2.24, 2.45) is 0 Å². The molecule has 3 nitrogen and oxygen atoms in total. The maximum Gasteiger partial charge on any atom is 0.140 e. The van der Waals surface area contributed by atoms with E-state index in [9.17, 15) is 0 Å². The zero-order valence-corrected chi connectivity index (χ0v) is 12.4. The summed E-state index contributed by atoms with van der Waals surface area (Å²) in [4.78, 5) is 4.45. The number of rotatable bonds is 3. The van der Waals surface area contributed by atoms with Crippen molar-refractivity contribution >= 4 is 21.6 Å².